The summed E-state index contributed by atoms with van der Waals surface area (Å²) in [6.07, 6.45) is -0.216. The number of rotatable bonds is 4. The predicted octanol–water partition coefficient (Wildman–Crippen LogP) is 0.923. The summed E-state index contributed by atoms with van der Waals surface area (Å²) in [7, 11) is 0. The number of fused-ring (bicyclic) bond motifs is 2. The van der Waals surface area contributed by atoms with E-state index in [-0.39, 0.29) is 11.9 Å². The van der Waals surface area contributed by atoms with Gasteiger partial charge in [-0.3, -0.25) is 5.73 Å². The summed E-state index contributed by atoms with van der Waals surface area (Å²) in [5.74, 6) is -1.05. The van der Waals surface area contributed by atoms with Gasteiger partial charge in [0, 0.05) is 5.92 Å². The highest BCUT2D eigenvalue weighted by molar-refractivity contribution is 5.95. The summed E-state index contributed by atoms with van der Waals surface area (Å²) in [6.45, 7) is 2.60. The van der Waals surface area contributed by atoms with Gasteiger partial charge in [0.2, 0.25) is 0 Å². The van der Waals surface area contributed by atoms with Crippen molar-refractivity contribution in [1.82, 2.24) is 0 Å². The van der Waals surface area contributed by atoms with Crippen molar-refractivity contribution in [3.63, 3.8) is 0 Å². The van der Waals surface area contributed by atoms with Crippen LogP contribution in [-0.4, -0.2) is 24.5 Å². The van der Waals surface area contributed by atoms with E-state index in [4.69, 9.17) is 19.9 Å². The van der Waals surface area contributed by atoms with Crippen molar-refractivity contribution < 1.29 is 19.2 Å². The zero-order chi connectivity index (χ0) is 21.0. The maximum atomic E-state index is 10.2. The van der Waals surface area contributed by atoms with Crippen molar-refractivity contribution in [2.75, 3.05) is 6.61 Å². The number of nitrogens with two attached hydrogens (primary N) is 1. The van der Waals surface area contributed by atoms with Gasteiger partial charge in [-0.1, -0.05) is 42.5 Å². The second-order valence-electron chi connectivity index (χ2n) is 8.01. The zero-order valence-corrected chi connectivity index (χ0v) is 16.5. The second-order valence-corrected chi connectivity index (χ2v) is 8.01. The third-order valence-corrected chi connectivity index (χ3v) is 6.33. The molecule has 1 spiro atoms. The summed E-state index contributed by atoms with van der Waals surface area (Å²) >= 11 is 0. The van der Waals surface area contributed by atoms with E-state index in [1.54, 1.807) is 0 Å². The van der Waals surface area contributed by atoms with E-state index in [0.29, 0.717) is 19.0 Å². The Morgan fingerprint density at radius 3 is 2.63 bits per heavy atom. The van der Waals surface area contributed by atoms with Crippen LogP contribution >= 0.6 is 0 Å². The van der Waals surface area contributed by atoms with Crippen molar-refractivity contribution in [3.05, 3.63) is 65.7 Å². The van der Waals surface area contributed by atoms with Gasteiger partial charge < -0.3 is 14.2 Å². The number of amidine groups is 1. The van der Waals surface area contributed by atoms with Crippen LogP contribution in [0, 0.1) is 33.5 Å². The molecule has 2 heterocycles. The molecule has 0 radical (unpaired) electrons. The molecule has 7 heteroatoms. The first-order valence-electron chi connectivity index (χ1n) is 9.85. The Morgan fingerprint density at radius 1 is 1.17 bits per heavy atom. The Hall–Kier alpha value is -3.39. The molecule has 5 atom stereocenters. The van der Waals surface area contributed by atoms with Gasteiger partial charge in [-0.25, -0.2) is 4.99 Å². The van der Waals surface area contributed by atoms with Gasteiger partial charge in [0.15, 0.2) is 10.8 Å². The second kappa shape index (κ2) is 6.30. The Morgan fingerprint density at radius 2 is 1.97 bits per heavy atom. The fourth-order valence-corrected chi connectivity index (χ4v) is 4.99. The van der Waals surface area contributed by atoms with E-state index < -0.39 is 22.7 Å². The molecule has 3 aliphatic rings. The van der Waals surface area contributed by atoms with Gasteiger partial charge in [0.25, 0.3) is 5.84 Å². The van der Waals surface area contributed by atoms with Crippen LogP contribution in [0.3, 0.4) is 0 Å². The van der Waals surface area contributed by atoms with Gasteiger partial charge in [0.1, 0.15) is 12.4 Å². The van der Waals surface area contributed by atoms with E-state index in [1.165, 1.54) is 0 Å². The molecule has 0 unspecified atom stereocenters. The molecule has 3 N–H and O–H groups in total. The lowest BCUT2D eigenvalue weighted by atomic mass is 9.94. The van der Waals surface area contributed by atoms with E-state index in [9.17, 15) is 10.5 Å². The van der Waals surface area contributed by atoms with E-state index in [0.717, 1.165) is 11.1 Å². The van der Waals surface area contributed by atoms with Crippen molar-refractivity contribution in [3.8, 4) is 17.9 Å². The largest absolute Gasteiger partial charge is 0.489 e. The highest BCUT2D eigenvalue weighted by atomic mass is 16.8. The first-order chi connectivity index (χ1) is 14.5. The molecular weight excluding hydrogens is 380 g/mol. The Bertz CT molecular complexity index is 1120. The number of nitriles is 2. The van der Waals surface area contributed by atoms with E-state index >= 15 is 0 Å². The minimum atomic E-state index is -1.42. The highest BCUT2D eigenvalue weighted by Crippen LogP contribution is 2.79. The molecule has 2 fully saturated rings. The molecule has 5 rings (SSSR count). The molecule has 1 aliphatic carbocycles. The molecule has 0 bridgehead atoms. The standard InChI is InChI=1S/C23H20N4O3/c1-15-11-29-23(30-15)22(14-25)19(21(22,13-24)20(26)27-23)17-8-5-9-18(10-17)28-12-16-6-3-2-4-7-16/h2-10,15,19H,11-12H2,1H3,(H2,26,27)/p+1/t15-,19+,21+,22+,23-/m0/s1. The van der Waals surface area contributed by atoms with Crippen LogP contribution in [0.5, 0.6) is 5.75 Å². The molecule has 0 aromatic heterocycles. The Balaban J connectivity index is 1.50. The highest BCUT2D eigenvalue weighted by Gasteiger charge is 2.97. The van der Waals surface area contributed by atoms with Crippen LogP contribution in [0.1, 0.15) is 24.0 Å². The Labute approximate surface area is 174 Å². The molecule has 2 aromatic carbocycles. The monoisotopic (exact) mass is 401 g/mol. The summed E-state index contributed by atoms with van der Waals surface area (Å²) in [6, 6.07) is 22.0. The fourth-order valence-electron chi connectivity index (χ4n) is 4.99. The molecule has 150 valence electrons. The average molecular weight is 401 g/mol. The van der Waals surface area contributed by atoms with E-state index in [1.807, 2.05) is 61.5 Å². The summed E-state index contributed by atoms with van der Waals surface area (Å²) in [5.41, 5.74) is 5.60. The summed E-state index contributed by atoms with van der Waals surface area (Å²) in [4.78, 5) is 2.98. The number of hydrogen-bond donors (Lipinski definition) is 2. The molecule has 0 amide bonds. The van der Waals surface area contributed by atoms with Crippen LogP contribution in [0.4, 0.5) is 0 Å². The van der Waals surface area contributed by atoms with E-state index in [2.05, 4.69) is 17.1 Å². The summed E-state index contributed by atoms with van der Waals surface area (Å²) < 4.78 is 17.9. The number of nitrogens with one attached hydrogen (secondary N) is 1. The van der Waals surface area contributed by atoms with Gasteiger partial charge in [0.05, 0.1) is 24.8 Å². The van der Waals surface area contributed by atoms with Gasteiger partial charge in [-0.15, -0.1) is 0 Å². The SMILES string of the molecule is C[C@H]1CO[C@]2([NH+]=C(N)[C@@]3(C#N)[C@@H](c4cccc(OCc5ccccc5)c4)[C@@]23C#N)O1. The predicted molar refractivity (Wildman–Crippen MR) is 105 cm³/mol. The third-order valence-electron chi connectivity index (χ3n) is 6.33. The van der Waals surface area contributed by atoms with Crippen LogP contribution in [0.15, 0.2) is 54.6 Å². The normalized spacial score (nSPS) is 35.9. The minimum absolute atomic E-state index is 0.209. The Kier molecular flexibility index (Phi) is 3.91. The lowest BCUT2D eigenvalue weighted by Gasteiger charge is -2.24. The molecule has 2 aromatic rings. The number of nitrogens with zero attached hydrogens (tertiary/aromatic N) is 2. The number of hydrogen-bond acceptors (Lipinski definition) is 6. The van der Waals surface area contributed by atoms with Crippen molar-refractivity contribution >= 4 is 5.84 Å². The maximum Gasteiger partial charge on any atom is 0.343 e. The van der Waals surface area contributed by atoms with Crippen LogP contribution < -0.4 is 15.5 Å². The number of benzene rings is 2. The summed E-state index contributed by atoms with van der Waals surface area (Å²) in [5, 5.41) is 20.4. The number of ether oxygens (including phenoxy) is 3. The van der Waals surface area contributed by atoms with Crippen LogP contribution in [-0.2, 0) is 16.1 Å². The van der Waals surface area contributed by atoms with Crippen molar-refractivity contribution in [2.24, 2.45) is 16.6 Å². The van der Waals surface area contributed by atoms with Gasteiger partial charge >= 0.3 is 5.91 Å². The maximum absolute atomic E-state index is 10.2. The minimum Gasteiger partial charge on any atom is -0.489 e. The van der Waals surface area contributed by atoms with Gasteiger partial charge in [-0.05, 0) is 30.2 Å². The van der Waals surface area contributed by atoms with Gasteiger partial charge in [-0.2, -0.15) is 10.5 Å². The molecule has 1 saturated heterocycles. The zero-order valence-electron chi connectivity index (χ0n) is 16.5. The molecule has 7 nitrogen and oxygen atoms in total. The molecule has 2 aliphatic heterocycles. The average Bonchev–Trinajstić information content (AvgIpc) is 3.17. The van der Waals surface area contributed by atoms with Crippen LogP contribution in [0.2, 0.25) is 0 Å². The van der Waals surface area contributed by atoms with Crippen LogP contribution in [0.25, 0.3) is 0 Å². The van der Waals surface area contributed by atoms with Crippen molar-refractivity contribution in [2.45, 2.75) is 31.5 Å². The quantitative estimate of drug-likeness (QED) is 0.787. The third kappa shape index (κ3) is 2.16. The topological polar surface area (TPSA) is 115 Å². The lowest BCUT2D eigenvalue weighted by molar-refractivity contribution is -0.677. The van der Waals surface area contributed by atoms with Crippen molar-refractivity contribution in [1.29, 1.82) is 10.5 Å². The smallest absolute Gasteiger partial charge is 0.343 e. The molecular formula is C23H21N4O3+. The molecule has 30 heavy (non-hydrogen) atoms. The molecule has 1 saturated carbocycles. The fraction of sp³-hybridized carbons (Fsp3) is 0.348. The first kappa shape index (κ1) is 18.6. The first-order valence-corrected chi connectivity index (χ1v) is 9.85. The lowest BCUT2D eigenvalue weighted by Crippen LogP contribution is -2.90.